The van der Waals surface area contributed by atoms with E-state index in [1.807, 2.05) is 0 Å². The van der Waals surface area contributed by atoms with Crippen LogP contribution in [0.5, 0.6) is 11.5 Å². The molecule has 0 aliphatic heterocycles. The number of hydrogen-bond donors (Lipinski definition) is 3. The second-order valence-electron chi connectivity index (χ2n) is 2.19. The van der Waals surface area contributed by atoms with E-state index in [2.05, 4.69) is 0 Å². The average Bonchev–Trinajstić information content (AvgIpc) is 2.04. The number of nitrogens with one attached hydrogen (secondary N) is 1. The maximum Gasteiger partial charge on any atom is 0.167 e. The van der Waals surface area contributed by atoms with Crippen LogP contribution in [0.4, 0.5) is 5.69 Å². The largest absolute Gasteiger partial charge is 0.595 e. The molecule has 5 nitrogen and oxygen atoms in total. The summed E-state index contributed by atoms with van der Waals surface area (Å²) in [7, 11) is 1.40. The number of phenols is 1. The Bertz CT molecular complexity index is 274. The lowest BCUT2D eigenvalue weighted by molar-refractivity contribution is -0.991. The number of benzene rings is 1. The van der Waals surface area contributed by atoms with Crippen molar-refractivity contribution >= 4 is 5.69 Å². The molecule has 1 rings (SSSR count). The third kappa shape index (κ3) is 1.65. The summed E-state index contributed by atoms with van der Waals surface area (Å²) in [5.41, 5.74) is 0.0355. The van der Waals surface area contributed by atoms with E-state index in [1.54, 1.807) is 0 Å². The summed E-state index contributed by atoms with van der Waals surface area (Å²) in [5, 5.41) is 27.0. The molecule has 1 aromatic carbocycles. The van der Waals surface area contributed by atoms with E-state index < -0.39 is 5.23 Å². The van der Waals surface area contributed by atoms with E-state index in [1.165, 1.54) is 19.2 Å². The minimum absolute atomic E-state index is 0.0355. The van der Waals surface area contributed by atoms with Gasteiger partial charge in [0, 0.05) is 12.1 Å². The molecule has 0 bridgehead atoms. The smallest absolute Gasteiger partial charge is 0.167 e. The predicted octanol–water partition coefficient (Wildman–Crippen LogP) is -0.196. The van der Waals surface area contributed by atoms with E-state index in [0.29, 0.717) is 0 Å². The van der Waals surface area contributed by atoms with Crippen molar-refractivity contribution < 1.29 is 20.3 Å². The average molecular weight is 171 g/mol. The standard InChI is InChI=1S/C7H9NO4/c1-12-7-3-2-5(8(10)11)4-6(7)9/h2-4,8-10H,1H3. The first-order chi connectivity index (χ1) is 5.65. The van der Waals surface area contributed by atoms with Crippen molar-refractivity contribution in [1.82, 2.24) is 0 Å². The highest BCUT2D eigenvalue weighted by Crippen LogP contribution is 2.26. The summed E-state index contributed by atoms with van der Waals surface area (Å²) < 4.78 is 4.74. The van der Waals surface area contributed by atoms with Crippen LogP contribution in [0.2, 0.25) is 0 Å². The van der Waals surface area contributed by atoms with Crippen LogP contribution in [0.25, 0.3) is 0 Å². The number of aromatic hydroxyl groups is 1. The lowest BCUT2D eigenvalue weighted by Gasteiger charge is -2.12. The van der Waals surface area contributed by atoms with Gasteiger partial charge in [-0.2, -0.15) is 5.23 Å². The highest BCUT2D eigenvalue weighted by Gasteiger charge is 2.05. The Balaban J connectivity index is 3.02. The molecule has 1 atom stereocenters. The van der Waals surface area contributed by atoms with Crippen LogP contribution < -0.4 is 9.96 Å². The maximum atomic E-state index is 10.4. The number of quaternary nitrogens is 1. The monoisotopic (exact) mass is 171 g/mol. The van der Waals surface area contributed by atoms with E-state index in [-0.39, 0.29) is 17.2 Å². The van der Waals surface area contributed by atoms with Gasteiger partial charge in [-0.15, -0.1) is 0 Å². The number of methoxy groups -OCH3 is 1. The Hall–Kier alpha value is -1.30. The van der Waals surface area contributed by atoms with Gasteiger partial charge in [0.2, 0.25) is 0 Å². The fraction of sp³-hybridized carbons (Fsp3) is 0.143. The number of phenolic OH excluding ortho intramolecular Hbond substituents is 1. The van der Waals surface area contributed by atoms with Crippen LogP contribution in [0.1, 0.15) is 0 Å². The third-order valence-corrected chi connectivity index (χ3v) is 1.43. The Morgan fingerprint density at radius 1 is 1.50 bits per heavy atom. The molecule has 1 unspecified atom stereocenters. The lowest BCUT2D eigenvalue weighted by atomic mass is 10.3. The molecule has 0 amide bonds. The molecule has 0 aromatic heterocycles. The molecule has 0 aliphatic rings. The fourth-order valence-electron chi connectivity index (χ4n) is 0.823. The first kappa shape index (κ1) is 8.79. The van der Waals surface area contributed by atoms with Gasteiger partial charge in [0.05, 0.1) is 7.11 Å². The molecule has 0 heterocycles. The summed E-state index contributed by atoms with van der Waals surface area (Å²) in [6, 6.07) is 3.90. The molecule has 0 radical (unpaired) electrons. The minimum atomic E-state index is -1.08. The first-order valence-electron chi connectivity index (χ1n) is 3.25. The van der Waals surface area contributed by atoms with Crippen LogP contribution in [0.15, 0.2) is 18.2 Å². The lowest BCUT2D eigenvalue weighted by Crippen LogP contribution is -2.99. The van der Waals surface area contributed by atoms with Gasteiger partial charge >= 0.3 is 0 Å². The molecule has 66 valence electrons. The van der Waals surface area contributed by atoms with Gasteiger partial charge in [-0.1, -0.05) is 0 Å². The van der Waals surface area contributed by atoms with E-state index >= 15 is 0 Å². The normalized spacial score (nSPS) is 12.6. The molecule has 12 heavy (non-hydrogen) atoms. The molecule has 0 aliphatic carbocycles. The van der Waals surface area contributed by atoms with Crippen molar-refractivity contribution in [2.24, 2.45) is 0 Å². The van der Waals surface area contributed by atoms with Crippen LogP contribution in [0.3, 0.4) is 0 Å². The van der Waals surface area contributed by atoms with Gasteiger partial charge in [-0.3, -0.25) is 0 Å². The van der Waals surface area contributed by atoms with Crippen molar-refractivity contribution in [1.29, 1.82) is 0 Å². The second-order valence-corrected chi connectivity index (χ2v) is 2.19. The molecule has 0 spiro atoms. The van der Waals surface area contributed by atoms with Gasteiger partial charge in [-0.25, -0.2) is 5.21 Å². The van der Waals surface area contributed by atoms with Crippen molar-refractivity contribution in [2.75, 3.05) is 7.11 Å². The van der Waals surface area contributed by atoms with E-state index in [0.717, 1.165) is 6.07 Å². The summed E-state index contributed by atoms with van der Waals surface area (Å²) in [6.45, 7) is 0. The second kappa shape index (κ2) is 3.40. The Morgan fingerprint density at radius 3 is 2.58 bits per heavy atom. The quantitative estimate of drug-likeness (QED) is 0.539. The van der Waals surface area contributed by atoms with Crippen LogP contribution in [-0.2, 0) is 0 Å². The Kier molecular flexibility index (Phi) is 2.49. The zero-order valence-corrected chi connectivity index (χ0v) is 6.44. The fourth-order valence-corrected chi connectivity index (χ4v) is 0.823. The molecule has 0 saturated heterocycles. The van der Waals surface area contributed by atoms with E-state index in [4.69, 9.17) is 15.1 Å². The Labute approximate surface area is 69.0 Å². The number of ether oxygens (including phenoxy) is 1. The van der Waals surface area contributed by atoms with Crippen LogP contribution in [-0.4, -0.2) is 17.4 Å². The zero-order valence-electron chi connectivity index (χ0n) is 6.44. The van der Waals surface area contributed by atoms with Gasteiger partial charge < -0.3 is 15.1 Å². The summed E-state index contributed by atoms with van der Waals surface area (Å²) in [5.74, 6) is 0.0948. The van der Waals surface area contributed by atoms with Crippen molar-refractivity contribution in [2.45, 2.75) is 0 Å². The predicted molar refractivity (Wildman–Crippen MR) is 40.4 cm³/mol. The topological polar surface area (TPSA) is 77.2 Å². The van der Waals surface area contributed by atoms with Crippen molar-refractivity contribution in [3.8, 4) is 11.5 Å². The van der Waals surface area contributed by atoms with Gasteiger partial charge in [0.15, 0.2) is 17.2 Å². The third-order valence-electron chi connectivity index (χ3n) is 1.43. The van der Waals surface area contributed by atoms with Crippen LogP contribution in [0, 0.1) is 5.21 Å². The molecule has 0 saturated carbocycles. The van der Waals surface area contributed by atoms with Crippen molar-refractivity contribution in [3.63, 3.8) is 0 Å². The molecule has 1 aromatic rings. The highest BCUT2D eigenvalue weighted by molar-refractivity contribution is 5.47. The van der Waals surface area contributed by atoms with Crippen LogP contribution >= 0.6 is 0 Å². The first-order valence-corrected chi connectivity index (χ1v) is 3.25. The Morgan fingerprint density at radius 2 is 2.17 bits per heavy atom. The van der Waals surface area contributed by atoms with Gasteiger partial charge in [0.25, 0.3) is 0 Å². The molecular weight excluding hydrogens is 162 g/mol. The highest BCUT2D eigenvalue weighted by atomic mass is 16.8. The molecule has 3 N–H and O–H groups in total. The summed E-state index contributed by atoms with van der Waals surface area (Å²) in [4.78, 5) is 0. The van der Waals surface area contributed by atoms with E-state index in [9.17, 15) is 5.21 Å². The van der Waals surface area contributed by atoms with Crippen molar-refractivity contribution in [3.05, 3.63) is 23.4 Å². The molecule has 5 heteroatoms. The van der Waals surface area contributed by atoms with Gasteiger partial charge in [-0.05, 0) is 6.07 Å². The SMILES string of the molecule is COc1ccc([NH+]([O-])O)cc1O. The maximum absolute atomic E-state index is 10.4. The van der Waals surface area contributed by atoms with Gasteiger partial charge in [0.1, 0.15) is 0 Å². The summed E-state index contributed by atoms with van der Waals surface area (Å²) in [6.07, 6.45) is 0. The zero-order chi connectivity index (χ0) is 9.14. The summed E-state index contributed by atoms with van der Waals surface area (Å²) >= 11 is 0. The molecular formula is C7H9NO4. The number of rotatable bonds is 2. The minimum Gasteiger partial charge on any atom is -0.595 e. The number of hydrogen-bond acceptors (Lipinski definition) is 4. The molecule has 0 fully saturated rings.